The molecule has 0 unspecified atom stereocenters. The van der Waals surface area contributed by atoms with Crippen LogP contribution in [0.4, 0.5) is 18.9 Å². The summed E-state index contributed by atoms with van der Waals surface area (Å²) in [5.74, 6) is 0. The van der Waals surface area contributed by atoms with Crippen molar-refractivity contribution in [2.45, 2.75) is 12.7 Å². The van der Waals surface area contributed by atoms with Crippen LogP contribution in [0.15, 0.2) is 12.1 Å². The molecule has 1 aromatic rings. The number of halogens is 4. The second-order valence-electron chi connectivity index (χ2n) is 2.93. The van der Waals surface area contributed by atoms with Crippen LogP contribution in [0.5, 0.6) is 0 Å². The molecule has 88 valence electrons. The van der Waals surface area contributed by atoms with Gasteiger partial charge < -0.3 is 5.73 Å². The summed E-state index contributed by atoms with van der Waals surface area (Å²) in [5.41, 5.74) is 2.82. The van der Waals surface area contributed by atoms with E-state index in [4.69, 9.17) is 17.3 Å². The Morgan fingerprint density at radius 3 is 2.38 bits per heavy atom. The number of rotatable bonds is 2. The average molecular weight is 255 g/mol. The summed E-state index contributed by atoms with van der Waals surface area (Å²) in [6.45, 7) is -0.126. The van der Waals surface area contributed by atoms with E-state index in [2.05, 4.69) is 0 Å². The minimum absolute atomic E-state index is 0.126. The molecule has 0 atom stereocenters. The van der Waals surface area contributed by atoms with Crippen molar-refractivity contribution in [3.05, 3.63) is 38.4 Å². The minimum atomic E-state index is -4.87. The summed E-state index contributed by atoms with van der Waals surface area (Å²) in [6, 6.07) is 1.74. The highest BCUT2D eigenvalue weighted by atomic mass is 35.5. The van der Waals surface area contributed by atoms with Crippen molar-refractivity contribution in [3.63, 3.8) is 0 Å². The zero-order chi connectivity index (χ0) is 12.5. The normalized spacial score (nSPS) is 11.6. The molecule has 0 amide bonds. The highest BCUT2D eigenvalue weighted by molar-refractivity contribution is 6.31. The number of benzene rings is 1. The second-order valence-corrected chi connectivity index (χ2v) is 3.34. The van der Waals surface area contributed by atoms with Crippen LogP contribution in [-0.4, -0.2) is 4.92 Å². The molecule has 0 aliphatic carbocycles. The van der Waals surface area contributed by atoms with E-state index in [0.717, 1.165) is 12.1 Å². The van der Waals surface area contributed by atoms with Crippen molar-refractivity contribution < 1.29 is 18.1 Å². The van der Waals surface area contributed by atoms with Crippen molar-refractivity contribution in [3.8, 4) is 0 Å². The van der Waals surface area contributed by atoms with E-state index in [1.54, 1.807) is 0 Å². The molecule has 1 aromatic carbocycles. The molecule has 1 rings (SSSR count). The lowest BCUT2D eigenvalue weighted by Gasteiger charge is -2.10. The number of alkyl halides is 3. The Morgan fingerprint density at radius 2 is 2.00 bits per heavy atom. The second kappa shape index (κ2) is 4.26. The van der Waals surface area contributed by atoms with Gasteiger partial charge in [-0.3, -0.25) is 10.1 Å². The van der Waals surface area contributed by atoms with Crippen LogP contribution in [0.2, 0.25) is 5.02 Å². The third-order valence-corrected chi connectivity index (χ3v) is 2.14. The molecule has 0 saturated heterocycles. The monoisotopic (exact) mass is 254 g/mol. The molecule has 4 nitrogen and oxygen atoms in total. The van der Waals surface area contributed by atoms with Gasteiger partial charge in [0, 0.05) is 12.6 Å². The summed E-state index contributed by atoms with van der Waals surface area (Å²) in [6.07, 6.45) is -4.87. The van der Waals surface area contributed by atoms with Crippen molar-refractivity contribution in [2.75, 3.05) is 0 Å². The lowest BCUT2D eigenvalue weighted by molar-refractivity contribution is -0.388. The number of hydrogen-bond acceptors (Lipinski definition) is 3. The van der Waals surface area contributed by atoms with Gasteiger partial charge in [-0.1, -0.05) is 11.6 Å². The van der Waals surface area contributed by atoms with Crippen LogP contribution >= 0.6 is 11.6 Å². The lowest BCUT2D eigenvalue weighted by atomic mass is 10.1. The van der Waals surface area contributed by atoms with E-state index in [1.807, 2.05) is 0 Å². The van der Waals surface area contributed by atoms with Gasteiger partial charge in [0.15, 0.2) is 5.56 Å². The Morgan fingerprint density at radius 1 is 1.44 bits per heavy atom. The van der Waals surface area contributed by atoms with Crippen LogP contribution in [0.25, 0.3) is 0 Å². The maximum Gasteiger partial charge on any atom is 0.424 e. The molecule has 2 N–H and O–H groups in total. The molecular formula is C8H6ClF3N2O2. The highest BCUT2D eigenvalue weighted by Crippen LogP contribution is 2.41. The summed E-state index contributed by atoms with van der Waals surface area (Å²) >= 11 is 5.36. The molecule has 0 aromatic heterocycles. The Hall–Kier alpha value is -1.34. The van der Waals surface area contributed by atoms with E-state index < -0.39 is 27.4 Å². The summed E-state index contributed by atoms with van der Waals surface area (Å²) in [5, 5.41) is 9.77. The topological polar surface area (TPSA) is 69.2 Å². The quantitative estimate of drug-likeness (QED) is 0.652. The van der Waals surface area contributed by atoms with E-state index in [-0.39, 0.29) is 12.1 Å². The van der Waals surface area contributed by atoms with Gasteiger partial charge in [0.05, 0.1) is 9.95 Å². The first-order valence-electron chi connectivity index (χ1n) is 4.01. The molecule has 0 aliphatic rings. The Balaban J connectivity index is 3.53. The first-order valence-corrected chi connectivity index (χ1v) is 4.39. The van der Waals surface area contributed by atoms with Gasteiger partial charge in [0.1, 0.15) is 0 Å². The molecule has 0 aliphatic heterocycles. The van der Waals surface area contributed by atoms with Gasteiger partial charge in [-0.25, -0.2) is 0 Å². The number of nitro benzene ring substituents is 1. The fourth-order valence-electron chi connectivity index (χ4n) is 1.19. The van der Waals surface area contributed by atoms with Crippen LogP contribution < -0.4 is 5.73 Å². The zero-order valence-electron chi connectivity index (χ0n) is 7.71. The Bertz CT molecular complexity index is 434. The van der Waals surface area contributed by atoms with Gasteiger partial charge in [0.2, 0.25) is 0 Å². The van der Waals surface area contributed by atoms with Crippen molar-refractivity contribution in [1.82, 2.24) is 0 Å². The molecule has 16 heavy (non-hydrogen) atoms. The van der Waals surface area contributed by atoms with Crippen LogP contribution in [0.1, 0.15) is 11.1 Å². The summed E-state index contributed by atoms with van der Waals surface area (Å²) in [7, 11) is 0. The standard InChI is InChI=1S/C8H6ClF3N2O2/c9-5-1-4(3-13)2-6(14(15)16)7(5)8(10,11)12/h1-2H,3,13H2. The van der Waals surface area contributed by atoms with Crippen molar-refractivity contribution in [2.24, 2.45) is 5.73 Å². The molecule has 0 heterocycles. The predicted octanol–water partition coefficient (Wildman–Crippen LogP) is 2.73. The van der Waals surface area contributed by atoms with Crippen LogP contribution in [0.3, 0.4) is 0 Å². The molecular weight excluding hydrogens is 249 g/mol. The van der Waals surface area contributed by atoms with Gasteiger partial charge in [0.25, 0.3) is 5.69 Å². The van der Waals surface area contributed by atoms with Gasteiger partial charge in [-0.2, -0.15) is 13.2 Å². The van der Waals surface area contributed by atoms with Crippen molar-refractivity contribution in [1.29, 1.82) is 0 Å². The van der Waals surface area contributed by atoms with E-state index >= 15 is 0 Å². The highest BCUT2D eigenvalue weighted by Gasteiger charge is 2.41. The fraction of sp³-hybridized carbons (Fsp3) is 0.250. The number of nitro groups is 1. The van der Waals surface area contributed by atoms with E-state index in [9.17, 15) is 23.3 Å². The largest absolute Gasteiger partial charge is 0.424 e. The van der Waals surface area contributed by atoms with E-state index in [0.29, 0.717) is 0 Å². The molecule has 8 heteroatoms. The van der Waals surface area contributed by atoms with Crippen LogP contribution in [-0.2, 0) is 12.7 Å². The number of nitrogens with two attached hydrogens (primary N) is 1. The zero-order valence-corrected chi connectivity index (χ0v) is 8.47. The molecule has 0 spiro atoms. The maximum atomic E-state index is 12.5. The first-order chi connectivity index (χ1) is 7.27. The van der Waals surface area contributed by atoms with Gasteiger partial charge in [-0.05, 0) is 11.6 Å². The van der Waals surface area contributed by atoms with E-state index in [1.165, 1.54) is 0 Å². The third kappa shape index (κ3) is 2.42. The average Bonchev–Trinajstić information content (AvgIpc) is 2.14. The molecule has 0 bridgehead atoms. The minimum Gasteiger partial charge on any atom is -0.326 e. The van der Waals surface area contributed by atoms with Gasteiger partial charge >= 0.3 is 6.18 Å². The predicted molar refractivity (Wildman–Crippen MR) is 51.0 cm³/mol. The lowest BCUT2D eigenvalue weighted by Crippen LogP contribution is -2.11. The Kier molecular flexibility index (Phi) is 3.39. The number of hydrogen-bond donors (Lipinski definition) is 1. The number of nitrogens with zero attached hydrogens (tertiary/aromatic N) is 1. The van der Waals surface area contributed by atoms with Crippen molar-refractivity contribution >= 4 is 17.3 Å². The summed E-state index contributed by atoms with van der Waals surface area (Å²) in [4.78, 5) is 9.36. The van der Waals surface area contributed by atoms with Gasteiger partial charge in [-0.15, -0.1) is 0 Å². The first kappa shape index (κ1) is 12.7. The smallest absolute Gasteiger partial charge is 0.326 e. The third-order valence-electron chi connectivity index (χ3n) is 1.85. The SMILES string of the molecule is NCc1cc(Cl)c(C(F)(F)F)c([N+](=O)[O-])c1. The van der Waals surface area contributed by atoms with Crippen LogP contribution in [0, 0.1) is 10.1 Å². The maximum absolute atomic E-state index is 12.5. The Labute approximate surface area is 93.0 Å². The molecule has 0 radical (unpaired) electrons. The molecule has 0 fully saturated rings. The fourth-order valence-corrected chi connectivity index (χ4v) is 1.53. The molecule has 0 saturated carbocycles. The summed E-state index contributed by atoms with van der Waals surface area (Å²) < 4.78 is 37.5.